The van der Waals surface area contributed by atoms with Crippen molar-refractivity contribution in [1.82, 2.24) is 24.5 Å². The minimum atomic E-state index is 0.00505. The van der Waals surface area contributed by atoms with E-state index in [1.165, 1.54) is 0 Å². The molecular weight excluding hydrogens is 380 g/mol. The highest BCUT2D eigenvalue weighted by atomic mass is 16.3. The van der Waals surface area contributed by atoms with Crippen molar-refractivity contribution in [2.75, 3.05) is 31.1 Å². The maximum absolute atomic E-state index is 12.5. The van der Waals surface area contributed by atoms with Gasteiger partial charge in [0.25, 0.3) is 0 Å². The molecule has 0 aliphatic carbocycles. The molecule has 1 saturated heterocycles. The summed E-state index contributed by atoms with van der Waals surface area (Å²) in [5.74, 6) is 2.26. The van der Waals surface area contributed by atoms with Crippen molar-refractivity contribution in [3.05, 3.63) is 42.7 Å². The molecule has 0 saturated carbocycles. The maximum atomic E-state index is 12.5. The molecule has 0 radical (unpaired) electrons. The van der Waals surface area contributed by atoms with Gasteiger partial charge in [0.05, 0.1) is 11.8 Å². The quantitative estimate of drug-likeness (QED) is 0.522. The van der Waals surface area contributed by atoms with Crippen LogP contribution in [-0.2, 0) is 4.79 Å². The highest BCUT2D eigenvalue weighted by Gasteiger charge is 2.25. The number of benzene rings is 1. The molecule has 1 aliphatic heterocycles. The first kappa shape index (κ1) is 18.6. The second-order valence-corrected chi connectivity index (χ2v) is 7.91. The van der Waals surface area contributed by atoms with E-state index < -0.39 is 0 Å². The summed E-state index contributed by atoms with van der Waals surface area (Å²) in [6.07, 6.45) is 2.51. The number of nitrogens with zero attached hydrogens (tertiary/aromatic N) is 6. The van der Waals surface area contributed by atoms with Gasteiger partial charge in [0.15, 0.2) is 11.4 Å². The van der Waals surface area contributed by atoms with Crippen molar-refractivity contribution in [1.29, 1.82) is 0 Å². The lowest BCUT2D eigenvalue weighted by Crippen LogP contribution is -2.38. The number of furan rings is 1. The monoisotopic (exact) mass is 404 g/mol. The SMILES string of the molecule is CC(C)C(=O)N1CCCN(c2nc3ccccc3c3nnc(-c4ccco4)n23)CC1. The number of hydrogen-bond acceptors (Lipinski definition) is 6. The molecule has 1 aliphatic rings. The lowest BCUT2D eigenvalue weighted by atomic mass is 10.2. The third-order valence-corrected chi connectivity index (χ3v) is 5.55. The minimum Gasteiger partial charge on any atom is -0.461 e. The van der Waals surface area contributed by atoms with Crippen molar-refractivity contribution < 1.29 is 9.21 Å². The fourth-order valence-corrected chi connectivity index (χ4v) is 4.05. The molecule has 4 heterocycles. The largest absolute Gasteiger partial charge is 0.461 e. The van der Waals surface area contributed by atoms with Crippen LogP contribution in [0, 0.1) is 5.92 Å². The molecule has 1 aromatic carbocycles. The smallest absolute Gasteiger partial charge is 0.225 e. The Morgan fingerprint density at radius 2 is 1.90 bits per heavy atom. The van der Waals surface area contributed by atoms with Crippen LogP contribution in [0.25, 0.3) is 28.1 Å². The lowest BCUT2D eigenvalue weighted by molar-refractivity contribution is -0.134. The second kappa shape index (κ2) is 7.44. The van der Waals surface area contributed by atoms with Crippen LogP contribution in [0.15, 0.2) is 47.1 Å². The Kier molecular flexibility index (Phi) is 4.61. The van der Waals surface area contributed by atoms with Crippen molar-refractivity contribution in [2.24, 2.45) is 5.92 Å². The van der Waals surface area contributed by atoms with E-state index in [0.29, 0.717) is 24.7 Å². The van der Waals surface area contributed by atoms with Gasteiger partial charge in [-0.05, 0) is 30.7 Å². The molecule has 0 bridgehead atoms. The summed E-state index contributed by atoms with van der Waals surface area (Å²) in [5, 5.41) is 9.83. The summed E-state index contributed by atoms with van der Waals surface area (Å²) in [6, 6.07) is 11.7. The van der Waals surface area contributed by atoms with E-state index in [-0.39, 0.29) is 11.8 Å². The Bertz CT molecular complexity index is 1200. The van der Waals surface area contributed by atoms with Gasteiger partial charge in [0, 0.05) is 37.5 Å². The van der Waals surface area contributed by atoms with E-state index >= 15 is 0 Å². The number of para-hydroxylation sites is 1. The Labute approximate surface area is 174 Å². The highest BCUT2D eigenvalue weighted by molar-refractivity contribution is 5.93. The van der Waals surface area contributed by atoms with E-state index in [1.54, 1.807) is 6.26 Å². The van der Waals surface area contributed by atoms with Crippen LogP contribution < -0.4 is 4.90 Å². The number of anilines is 1. The van der Waals surface area contributed by atoms with Gasteiger partial charge in [0.2, 0.25) is 17.7 Å². The number of hydrogen-bond donors (Lipinski definition) is 0. The van der Waals surface area contributed by atoms with Crippen molar-refractivity contribution in [2.45, 2.75) is 20.3 Å². The van der Waals surface area contributed by atoms with E-state index in [2.05, 4.69) is 15.1 Å². The van der Waals surface area contributed by atoms with Crippen LogP contribution in [0.5, 0.6) is 0 Å². The number of carbonyl (C=O) groups is 1. The Hall–Kier alpha value is -3.42. The van der Waals surface area contributed by atoms with Crippen molar-refractivity contribution in [3.8, 4) is 11.6 Å². The number of aromatic nitrogens is 4. The lowest BCUT2D eigenvalue weighted by Gasteiger charge is -2.24. The molecule has 4 aromatic rings. The maximum Gasteiger partial charge on any atom is 0.225 e. The van der Waals surface area contributed by atoms with E-state index in [0.717, 1.165) is 42.0 Å². The molecule has 1 fully saturated rings. The van der Waals surface area contributed by atoms with Gasteiger partial charge in [-0.3, -0.25) is 4.79 Å². The van der Waals surface area contributed by atoms with Crippen LogP contribution in [0.1, 0.15) is 20.3 Å². The van der Waals surface area contributed by atoms with Crippen molar-refractivity contribution >= 4 is 28.4 Å². The summed E-state index contributed by atoms with van der Waals surface area (Å²) in [7, 11) is 0. The normalized spacial score (nSPS) is 15.3. The summed E-state index contributed by atoms with van der Waals surface area (Å²) in [5.41, 5.74) is 1.62. The first-order valence-electron chi connectivity index (χ1n) is 10.3. The fourth-order valence-electron chi connectivity index (χ4n) is 4.05. The third-order valence-electron chi connectivity index (χ3n) is 5.55. The topological polar surface area (TPSA) is 79.8 Å². The summed E-state index contributed by atoms with van der Waals surface area (Å²) in [6.45, 7) is 6.84. The Morgan fingerprint density at radius 1 is 1.03 bits per heavy atom. The van der Waals surface area contributed by atoms with Gasteiger partial charge >= 0.3 is 0 Å². The standard InChI is InChI=1S/C22H24N6O2/c1-15(2)21(29)26-10-6-11-27(13-12-26)22-23-17-8-4-3-7-16(17)19-24-25-20(28(19)22)18-9-5-14-30-18/h3-5,7-9,14-15H,6,10-13H2,1-2H3. The molecule has 1 amide bonds. The predicted octanol–water partition coefficient (Wildman–Crippen LogP) is 3.23. The number of rotatable bonds is 3. The van der Waals surface area contributed by atoms with Crippen LogP contribution in [0.3, 0.4) is 0 Å². The zero-order valence-corrected chi connectivity index (χ0v) is 17.2. The van der Waals surface area contributed by atoms with Gasteiger partial charge in [-0.2, -0.15) is 0 Å². The van der Waals surface area contributed by atoms with Gasteiger partial charge < -0.3 is 14.2 Å². The highest BCUT2D eigenvalue weighted by Crippen LogP contribution is 2.29. The number of amides is 1. The molecule has 8 nitrogen and oxygen atoms in total. The molecule has 0 spiro atoms. The summed E-state index contributed by atoms with van der Waals surface area (Å²) < 4.78 is 7.59. The molecule has 8 heteroatoms. The molecule has 5 rings (SSSR count). The zero-order valence-electron chi connectivity index (χ0n) is 17.2. The molecular formula is C22H24N6O2. The first-order chi connectivity index (χ1) is 14.6. The second-order valence-electron chi connectivity index (χ2n) is 7.91. The molecule has 0 unspecified atom stereocenters. The van der Waals surface area contributed by atoms with Gasteiger partial charge in [-0.1, -0.05) is 26.0 Å². The average molecular weight is 404 g/mol. The Balaban J connectivity index is 1.62. The van der Waals surface area contributed by atoms with Gasteiger partial charge in [-0.25, -0.2) is 9.38 Å². The van der Waals surface area contributed by atoms with E-state index in [9.17, 15) is 4.79 Å². The predicted molar refractivity (Wildman–Crippen MR) is 114 cm³/mol. The van der Waals surface area contributed by atoms with E-state index in [1.807, 2.05) is 59.5 Å². The number of carbonyl (C=O) groups excluding carboxylic acids is 1. The molecule has 30 heavy (non-hydrogen) atoms. The molecule has 0 N–H and O–H groups in total. The van der Waals surface area contributed by atoms with Crippen LogP contribution in [0.4, 0.5) is 5.95 Å². The molecule has 0 atom stereocenters. The first-order valence-corrected chi connectivity index (χ1v) is 10.3. The molecule has 154 valence electrons. The van der Waals surface area contributed by atoms with Crippen molar-refractivity contribution in [3.63, 3.8) is 0 Å². The molecule has 3 aromatic heterocycles. The fraction of sp³-hybridized carbons (Fsp3) is 0.364. The van der Waals surface area contributed by atoms with Crippen LogP contribution in [0.2, 0.25) is 0 Å². The summed E-state index contributed by atoms with van der Waals surface area (Å²) >= 11 is 0. The van der Waals surface area contributed by atoms with E-state index in [4.69, 9.17) is 9.40 Å². The minimum absolute atomic E-state index is 0.00505. The van der Waals surface area contributed by atoms with Gasteiger partial charge in [0.1, 0.15) is 0 Å². The van der Waals surface area contributed by atoms with Gasteiger partial charge in [-0.15, -0.1) is 10.2 Å². The Morgan fingerprint density at radius 3 is 2.70 bits per heavy atom. The summed E-state index contributed by atoms with van der Waals surface area (Å²) in [4.78, 5) is 21.7. The number of fused-ring (bicyclic) bond motifs is 3. The zero-order chi connectivity index (χ0) is 20.7. The average Bonchev–Trinajstić information content (AvgIpc) is 3.37. The third kappa shape index (κ3) is 3.08. The van der Waals surface area contributed by atoms with Crippen LogP contribution in [-0.4, -0.2) is 56.6 Å². The van der Waals surface area contributed by atoms with Crippen LogP contribution >= 0.6 is 0 Å².